The lowest BCUT2D eigenvalue weighted by atomic mass is 9.49. The second-order valence-corrected chi connectivity index (χ2v) is 9.44. The Morgan fingerprint density at radius 1 is 0.967 bits per heavy atom. The van der Waals surface area contributed by atoms with Gasteiger partial charge in [-0.05, 0) is 74.0 Å². The number of carbonyl (C=O) groups is 4. The van der Waals surface area contributed by atoms with E-state index in [9.17, 15) is 19.2 Å². The average Bonchev–Trinajstić information content (AvgIpc) is 3.03. The Bertz CT molecular complexity index is 859. The Balaban J connectivity index is 1.17. The third-order valence-corrected chi connectivity index (χ3v) is 7.30. The molecule has 0 aromatic heterocycles. The van der Waals surface area contributed by atoms with Gasteiger partial charge in [0.05, 0.1) is 18.5 Å². The number of hydrogen-bond acceptors (Lipinski definition) is 4. The summed E-state index contributed by atoms with van der Waals surface area (Å²) in [5.41, 5.74) is 6.08. The Morgan fingerprint density at radius 3 is 2.10 bits per heavy atom. The van der Waals surface area contributed by atoms with E-state index in [1.807, 2.05) is 0 Å². The molecule has 4 aliphatic carbocycles. The maximum absolute atomic E-state index is 12.9. The summed E-state index contributed by atoms with van der Waals surface area (Å²) >= 11 is 0. The molecule has 1 aromatic rings. The third-order valence-electron chi connectivity index (χ3n) is 7.30. The second-order valence-electron chi connectivity index (χ2n) is 9.44. The van der Waals surface area contributed by atoms with Crippen molar-refractivity contribution in [1.82, 2.24) is 21.1 Å². The van der Waals surface area contributed by atoms with Crippen LogP contribution in [0.3, 0.4) is 0 Å². The summed E-state index contributed by atoms with van der Waals surface area (Å²) in [5, 5.41) is 2.48. The molecule has 6 rings (SSSR count). The largest absolute Gasteiger partial charge is 0.329 e. The van der Waals surface area contributed by atoms with Crippen molar-refractivity contribution in [3.63, 3.8) is 0 Å². The minimum atomic E-state index is -0.408. The quantitative estimate of drug-likeness (QED) is 0.519. The molecule has 0 radical (unpaired) electrons. The van der Waals surface area contributed by atoms with Crippen LogP contribution in [-0.2, 0) is 16.1 Å². The number of benzene rings is 1. The highest BCUT2D eigenvalue weighted by Crippen LogP contribution is 2.60. The van der Waals surface area contributed by atoms with Crippen LogP contribution in [-0.4, -0.2) is 35.2 Å². The van der Waals surface area contributed by atoms with Gasteiger partial charge < -0.3 is 5.32 Å². The molecule has 158 valence electrons. The van der Waals surface area contributed by atoms with Crippen molar-refractivity contribution in [3.05, 3.63) is 35.4 Å². The highest BCUT2D eigenvalue weighted by atomic mass is 16.2. The number of urea groups is 1. The summed E-state index contributed by atoms with van der Waals surface area (Å²) in [5.74, 6) is 1.29. The summed E-state index contributed by atoms with van der Waals surface area (Å²) in [6, 6.07) is 6.25. The molecule has 1 saturated heterocycles. The normalized spacial score (nSPS) is 31.6. The molecule has 4 bridgehead atoms. The minimum Gasteiger partial charge on any atom is -0.329 e. The van der Waals surface area contributed by atoms with E-state index in [4.69, 9.17) is 0 Å². The van der Waals surface area contributed by atoms with Gasteiger partial charge in [0, 0.05) is 5.56 Å². The number of nitrogens with one attached hydrogen (secondary N) is 3. The zero-order valence-corrected chi connectivity index (χ0v) is 16.8. The van der Waals surface area contributed by atoms with Crippen LogP contribution >= 0.6 is 0 Å². The van der Waals surface area contributed by atoms with Crippen molar-refractivity contribution >= 4 is 23.8 Å². The highest BCUT2D eigenvalue weighted by molar-refractivity contribution is 6.02. The topological polar surface area (TPSA) is 108 Å². The van der Waals surface area contributed by atoms with Gasteiger partial charge in [-0.15, -0.1) is 0 Å². The van der Waals surface area contributed by atoms with E-state index in [1.165, 1.54) is 19.3 Å². The monoisotopic (exact) mass is 410 g/mol. The minimum absolute atomic E-state index is 0.0166. The van der Waals surface area contributed by atoms with Gasteiger partial charge in [0.25, 0.3) is 5.91 Å². The number of carbonyl (C=O) groups excluding carboxylic acids is 4. The summed E-state index contributed by atoms with van der Waals surface area (Å²) in [6.45, 7) is 0.179. The predicted octanol–water partition coefficient (Wildman–Crippen LogP) is 1.72. The van der Waals surface area contributed by atoms with Crippen LogP contribution in [0.15, 0.2) is 24.3 Å². The first-order chi connectivity index (χ1) is 14.4. The number of nitrogens with zero attached hydrogens (tertiary/aromatic N) is 1. The molecule has 0 unspecified atom stereocenters. The van der Waals surface area contributed by atoms with Gasteiger partial charge >= 0.3 is 6.03 Å². The van der Waals surface area contributed by atoms with Gasteiger partial charge in [-0.1, -0.05) is 12.1 Å². The van der Waals surface area contributed by atoms with E-state index in [0.29, 0.717) is 23.3 Å². The van der Waals surface area contributed by atoms with Crippen LogP contribution in [0, 0.1) is 23.2 Å². The van der Waals surface area contributed by atoms with Gasteiger partial charge in [0.1, 0.15) is 0 Å². The van der Waals surface area contributed by atoms with Gasteiger partial charge in [-0.2, -0.15) is 0 Å². The van der Waals surface area contributed by atoms with Crippen molar-refractivity contribution in [2.24, 2.45) is 23.2 Å². The van der Waals surface area contributed by atoms with Crippen LogP contribution in [0.4, 0.5) is 4.79 Å². The zero-order valence-electron chi connectivity index (χ0n) is 16.8. The van der Waals surface area contributed by atoms with Crippen LogP contribution in [0.5, 0.6) is 0 Å². The van der Waals surface area contributed by atoms with Crippen LogP contribution in [0.25, 0.3) is 0 Å². The third kappa shape index (κ3) is 3.34. The molecule has 4 saturated carbocycles. The molecule has 3 N–H and O–H groups in total. The van der Waals surface area contributed by atoms with Crippen molar-refractivity contribution in [2.45, 2.75) is 45.1 Å². The molecule has 1 aliphatic heterocycles. The molecule has 8 nitrogen and oxygen atoms in total. The lowest BCUT2D eigenvalue weighted by molar-refractivity contribution is -0.147. The summed E-state index contributed by atoms with van der Waals surface area (Å²) < 4.78 is 0. The standard InChI is InChI=1S/C22H26N4O4/c27-18-11-23-21(30)26(18)12-13-1-3-17(4-2-13)19(28)24-25-20(29)22-8-14-5-15(9-22)7-16(6-14)10-22/h1-4,14-16H,5-12H2,(H,23,30)(H,24,28)(H,25,29). The Morgan fingerprint density at radius 2 is 1.57 bits per heavy atom. The fourth-order valence-corrected chi connectivity index (χ4v) is 6.27. The Kier molecular flexibility index (Phi) is 4.52. The second kappa shape index (κ2) is 7.11. The number of imide groups is 1. The number of hydrazine groups is 1. The summed E-state index contributed by atoms with van der Waals surface area (Å²) in [4.78, 5) is 49.9. The van der Waals surface area contributed by atoms with Crippen LogP contribution in [0.1, 0.15) is 54.4 Å². The fourth-order valence-electron chi connectivity index (χ4n) is 6.27. The van der Waals surface area contributed by atoms with Crippen molar-refractivity contribution in [1.29, 1.82) is 0 Å². The van der Waals surface area contributed by atoms with Gasteiger partial charge in [-0.3, -0.25) is 30.1 Å². The molecular weight excluding hydrogens is 384 g/mol. The smallest absolute Gasteiger partial charge is 0.324 e. The van der Waals surface area contributed by atoms with Gasteiger partial charge in [0.15, 0.2) is 0 Å². The highest BCUT2D eigenvalue weighted by Gasteiger charge is 2.54. The lowest BCUT2D eigenvalue weighted by Gasteiger charge is -2.55. The molecule has 5 fully saturated rings. The summed E-state index contributed by atoms with van der Waals surface area (Å²) in [7, 11) is 0. The number of hydrogen-bond donors (Lipinski definition) is 3. The Hall–Kier alpha value is -2.90. The maximum Gasteiger partial charge on any atom is 0.324 e. The van der Waals surface area contributed by atoms with E-state index in [1.54, 1.807) is 24.3 Å². The molecule has 5 amide bonds. The predicted molar refractivity (Wildman–Crippen MR) is 107 cm³/mol. The summed E-state index contributed by atoms with van der Waals surface area (Å²) in [6.07, 6.45) is 6.61. The molecule has 1 heterocycles. The first-order valence-electron chi connectivity index (χ1n) is 10.7. The molecular formula is C22H26N4O4. The van der Waals surface area contributed by atoms with Gasteiger partial charge in [0.2, 0.25) is 11.8 Å². The van der Waals surface area contributed by atoms with E-state index in [0.717, 1.165) is 29.7 Å². The SMILES string of the molecule is O=C(NNC(=O)C12CC3CC(CC(C3)C1)C2)c1ccc(CN2C(=O)CNC2=O)cc1. The fraction of sp³-hybridized carbons (Fsp3) is 0.545. The van der Waals surface area contributed by atoms with E-state index in [2.05, 4.69) is 16.2 Å². The molecule has 8 heteroatoms. The maximum atomic E-state index is 12.9. The first-order valence-corrected chi connectivity index (χ1v) is 10.7. The molecule has 0 spiro atoms. The van der Waals surface area contributed by atoms with Crippen molar-refractivity contribution in [3.8, 4) is 0 Å². The van der Waals surface area contributed by atoms with Gasteiger partial charge in [-0.25, -0.2) is 4.79 Å². The number of amides is 5. The van der Waals surface area contributed by atoms with Crippen molar-refractivity contribution < 1.29 is 19.2 Å². The molecule has 5 aliphatic rings. The average molecular weight is 410 g/mol. The molecule has 1 aromatic carbocycles. The Labute approximate surface area is 174 Å². The van der Waals surface area contributed by atoms with Crippen LogP contribution in [0.2, 0.25) is 0 Å². The number of rotatable bonds is 4. The van der Waals surface area contributed by atoms with E-state index < -0.39 is 6.03 Å². The zero-order chi connectivity index (χ0) is 20.9. The lowest BCUT2D eigenvalue weighted by Crippen LogP contribution is -2.56. The molecule has 30 heavy (non-hydrogen) atoms. The van der Waals surface area contributed by atoms with E-state index in [-0.39, 0.29) is 36.2 Å². The van der Waals surface area contributed by atoms with E-state index >= 15 is 0 Å². The van der Waals surface area contributed by atoms with Crippen LogP contribution < -0.4 is 16.2 Å². The van der Waals surface area contributed by atoms with Crippen molar-refractivity contribution in [2.75, 3.05) is 6.54 Å². The first kappa shape index (κ1) is 19.1. The molecule has 0 atom stereocenters.